The van der Waals surface area contributed by atoms with E-state index in [9.17, 15) is 0 Å². The maximum absolute atomic E-state index is 6.15. The zero-order valence-electron chi connectivity index (χ0n) is 12.5. The summed E-state index contributed by atoms with van der Waals surface area (Å²) in [7, 11) is 0. The molecule has 0 saturated heterocycles. The van der Waals surface area contributed by atoms with Crippen LogP contribution in [-0.4, -0.2) is 15.2 Å². The van der Waals surface area contributed by atoms with E-state index >= 15 is 0 Å². The first kappa shape index (κ1) is 17.0. The summed E-state index contributed by atoms with van der Waals surface area (Å²) >= 11 is 13.7. The van der Waals surface area contributed by atoms with Crippen molar-refractivity contribution < 1.29 is 4.74 Å². The molecule has 0 aliphatic heterocycles. The summed E-state index contributed by atoms with van der Waals surface area (Å²) in [6.07, 6.45) is 1.48. The molecular weight excluding hydrogens is 365 g/mol. The first-order valence-corrected chi connectivity index (χ1v) is 8.88. The first-order valence-electron chi connectivity index (χ1n) is 7.14. The highest BCUT2D eigenvalue weighted by atomic mass is 35.5. The number of nitrogens with zero attached hydrogens (tertiary/aromatic N) is 3. The summed E-state index contributed by atoms with van der Waals surface area (Å²) in [5.74, 6) is 1.07. The van der Waals surface area contributed by atoms with Crippen LogP contribution in [0.5, 0.6) is 5.88 Å². The Morgan fingerprint density at radius 1 is 0.917 bits per heavy atom. The Kier molecular flexibility index (Phi) is 5.91. The highest BCUT2D eigenvalue weighted by Crippen LogP contribution is 2.25. The van der Waals surface area contributed by atoms with Crippen LogP contribution in [0.1, 0.15) is 11.1 Å². The molecule has 0 fully saturated rings. The van der Waals surface area contributed by atoms with Crippen LogP contribution in [0.2, 0.25) is 10.0 Å². The number of thioether (sulfide) groups is 1. The Hall–Kier alpha value is -1.82. The van der Waals surface area contributed by atoms with E-state index in [1.54, 1.807) is 0 Å². The molecule has 2 aromatic carbocycles. The Morgan fingerprint density at radius 2 is 1.58 bits per heavy atom. The highest BCUT2D eigenvalue weighted by molar-refractivity contribution is 7.98. The van der Waals surface area contributed by atoms with Gasteiger partial charge in [-0.1, -0.05) is 71.4 Å². The van der Waals surface area contributed by atoms with Crippen molar-refractivity contribution in [1.29, 1.82) is 0 Å². The summed E-state index contributed by atoms with van der Waals surface area (Å²) in [6, 6.07) is 15.2. The number of halogens is 2. The van der Waals surface area contributed by atoms with Gasteiger partial charge in [0.25, 0.3) is 0 Å². The molecule has 0 aliphatic carbocycles. The Labute approximate surface area is 154 Å². The second kappa shape index (κ2) is 8.33. The predicted molar refractivity (Wildman–Crippen MR) is 96.6 cm³/mol. The molecule has 7 heteroatoms. The number of benzene rings is 2. The zero-order chi connectivity index (χ0) is 16.8. The molecule has 1 heterocycles. The van der Waals surface area contributed by atoms with Gasteiger partial charge >= 0.3 is 0 Å². The number of ether oxygens (including phenoxy) is 1. The normalized spacial score (nSPS) is 10.6. The molecular formula is C17H13Cl2N3OS. The van der Waals surface area contributed by atoms with Gasteiger partial charge in [0.1, 0.15) is 12.8 Å². The maximum atomic E-state index is 6.15. The number of hydrogen-bond donors (Lipinski definition) is 0. The van der Waals surface area contributed by atoms with Gasteiger partial charge in [0, 0.05) is 21.4 Å². The van der Waals surface area contributed by atoms with Crippen molar-refractivity contribution in [2.75, 3.05) is 0 Å². The van der Waals surface area contributed by atoms with Crippen molar-refractivity contribution in [3.05, 3.63) is 75.9 Å². The molecule has 24 heavy (non-hydrogen) atoms. The van der Waals surface area contributed by atoms with Crippen molar-refractivity contribution in [2.24, 2.45) is 0 Å². The van der Waals surface area contributed by atoms with Crippen molar-refractivity contribution in [2.45, 2.75) is 17.5 Å². The van der Waals surface area contributed by atoms with Crippen LogP contribution in [0, 0.1) is 0 Å². The van der Waals surface area contributed by atoms with Crippen LogP contribution >= 0.6 is 35.0 Å². The van der Waals surface area contributed by atoms with E-state index in [2.05, 4.69) is 15.2 Å². The van der Waals surface area contributed by atoms with Crippen LogP contribution in [0.15, 0.2) is 59.9 Å². The minimum atomic E-state index is 0.326. The zero-order valence-corrected chi connectivity index (χ0v) is 14.9. The van der Waals surface area contributed by atoms with E-state index in [-0.39, 0.29) is 0 Å². The molecule has 0 unspecified atom stereocenters. The molecule has 0 spiro atoms. The highest BCUT2D eigenvalue weighted by Gasteiger charge is 2.06. The summed E-state index contributed by atoms with van der Waals surface area (Å²) in [5, 5.41) is 9.86. The molecule has 122 valence electrons. The summed E-state index contributed by atoms with van der Waals surface area (Å²) in [4.78, 5) is 4.34. The van der Waals surface area contributed by atoms with Gasteiger partial charge in [-0.2, -0.15) is 10.1 Å². The summed E-state index contributed by atoms with van der Waals surface area (Å²) in [5.41, 5.74) is 1.92. The monoisotopic (exact) mass is 377 g/mol. The maximum Gasteiger partial charge on any atom is 0.237 e. The molecule has 0 atom stereocenters. The Balaban J connectivity index is 1.62. The van der Waals surface area contributed by atoms with Gasteiger partial charge in [-0.3, -0.25) is 0 Å². The van der Waals surface area contributed by atoms with Crippen molar-refractivity contribution in [1.82, 2.24) is 15.2 Å². The first-order chi connectivity index (χ1) is 11.7. The van der Waals surface area contributed by atoms with Gasteiger partial charge in [-0.25, -0.2) is 0 Å². The molecule has 0 aliphatic rings. The smallest absolute Gasteiger partial charge is 0.237 e. The van der Waals surface area contributed by atoms with Crippen molar-refractivity contribution in [3.63, 3.8) is 0 Å². The minimum absolute atomic E-state index is 0.326. The van der Waals surface area contributed by atoms with E-state index < -0.39 is 0 Å². The average molecular weight is 378 g/mol. The third kappa shape index (κ3) is 4.60. The van der Waals surface area contributed by atoms with Gasteiger partial charge in [0.05, 0.1) is 0 Å². The number of hydrogen-bond acceptors (Lipinski definition) is 5. The van der Waals surface area contributed by atoms with Crippen molar-refractivity contribution >= 4 is 35.0 Å². The van der Waals surface area contributed by atoms with E-state index in [1.165, 1.54) is 18.0 Å². The van der Waals surface area contributed by atoms with Crippen LogP contribution in [-0.2, 0) is 12.4 Å². The summed E-state index contributed by atoms with van der Waals surface area (Å²) in [6.45, 7) is 0.326. The largest absolute Gasteiger partial charge is 0.472 e. The molecule has 4 nitrogen and oxygen atoms in total. The molecule has 1 aromatic heterocycles. The lowest BCUT2D eigenvalue weighted by Gasteiger charge is -2.07. The third-order valence-electron chi connectivity index (χ3n) is 3.17. The van der Waals surface area contributed by atoms with Gasteiger partial charge in [-0.05, 0) is 17.7 Å². The van der Waals surface area contributed by atoms with Crippen molar-refractivity contribution in [3.8, 4) is 5.88 Å². The molecule has 0 N–H and O–H groups in total. The molecule has 0 amide bonds. The molecule has 3 rings (SSSR count). The van der Waals surface area contributed by atoms with Gasteiger partial charge in [0.15, 0.2) is 0 Å². The molecule has 3 aromatic rings. The molecule has 0 radical (unpaired) electrons. The van der Waals surface area contributed by atoms with Gasteiger partial charge in [-0.15, -0.1) is 5.10 Å². The number of aromatic nitrogens is 3. The van der Waals surface area contributed by atoms with Crippen LogP contribution in [0.4, 0.5) is 0 Å². The van der Waals surface area contributed by atoms with Gasteiger partial charge in [0.2, 0.25) is 11.0 Å². The summed E-state index contributed by atoms with van der Waals surface area (Å²) < 4.78 is 5.65. The average Bonchev–Trinajstić information content (AvgIpc) is 2.61. The molecule has 0 saturated carbocycles. The Bertz CT molecular complexity index is 767. The lowest BCUT2D eigenvalue weighted by atomic mass is 10.2. The fourth-order valence-electron chi connectivity index (χ4n) is 1.93. The standard InChI is InChI=1S/C17H13Cl2N3OS/c18-14-7-3-1-5-12(14)10-23-16-9-20-22-17(21-16)24-11-13-6-2-4-8-15(13)19/h1-9H,10-11H2. The lowest BCUT2D eigenvalue weighted by molar-refractivity contribution is 0.288. The fraction of sp³-hybridized carbons (Fsp3) is 0.118. The van der Waals surface area contributed by atoms with Crippen LogP contribution < -0.4 is 4.74 Å². The quantitative estimate of drug-likeness (QED) is 0.562. The van der Waals surface area contributed by atoms with E-state index in [0.29, 0.717) is 28.4 Å². The minimum Gasteiger partial charge on any atom is -0.472 e. The fourth-order valence-corrected chi connectivity index (χ4v) is 3.20. The SMILES string of the molecule is Clc1ccccc1COc1cnnc(SCc2ccccc2Cl)n1. The topological polar surface area (TPSA) is 47.9 Å². The number of rotatable bonds is 6. The lowest BCUT2D eigenvalue weighted by Crippen LogP contribution is -2.00. The molecule has 0 bridgehead atoms. The van der Waals surface area contributed by atoms with E-state index in [1.807, 2.05) is 48.5 Å². The van der Waals surface area contributed by atoms with E-state index in [4.69, 9.17) is 27.9 Å². The predicted octanol–water partition coefficient (Wildman–Crippen LogP) is 5.05. The van der Waals surface area contributed by atoms with Crippen LogP contribution in [0.25, 0.3) is 0 Å². The Morgan fingerprint density at radius 3 is 2.29 bits per heavy atom. The van der Waals surface area contributed by atoms with E-state index in [0.717, 1.165) is 16.1 Å². The second-order valence-electron chi connectivity index (χ2n) is 4.84. The second-order valence-corrected chi connectivity index (χ2v) is 6.59. The third-order valence-corrected chi connectivity index (χ3v) is 4.79. The van der Waals surface area contributed by atoms with Crippen LogP contribution in [0.3, 0.4) is 0 Å². The van der Waals surface area contributed by atoms with Gasteiger partial charge < -0.3 is 4.74 Å².